The highest BCUT2D eigenvalue weighted by Gasteiger charge is 2.74. The van der Waals surface area contributed by atoms with Crippen molar-refractivity contribution in [3.63, 3.8) is 0 Å². The number of anilines is 2. The smallest absolute Gasteiger partial charge is 0.250 e. The van der Waals surface area contributed by atoms with Crippen LogP contribution in [-0.4, -0.2) is 35.2 Å². The molecule has 0 bridgehead atoms. The third-order valence-corrected chi connectivity index (χ3v) is 7.39. The van der Waals surface area contributed by atoms with Crippen LogP contribution in [0.4, 0.5) is 15.8 Å². The molecule has 4 aliphatic heterocycles. The lowest BCUT2D eigenvalue weighted by molar-refractivity contribution is -0.135. The summed E-state index contributed by atoms with van der Waals surface area (Å²) in [4.78, 5) is 43.6. The molecule has 4 heterocycles. The van der Waals surface area contributed by atoms with Gasteiger partial charge in [0.25, 0.3) is 5.91 Å². The van der Waals surface area contributed by atoms with Gasteiger partial charge >= 0.3 is 0 Å². The molecule has 0 aliphatic carbocycles. The van der Waals surface area contributed by atoms with Crippen molar-refractivity contribution < 1.29 is 18.8 Å². The second-order valence-electron chi connectivity index (χ2n) is 8.25. The van der Waals surface area contributed by atoms with E-state index in [1.165, 1.54) is 18.2 Å². The van der Waals surface area contributed by atoms with Crippen molar-refractivity contribution in [2.45, 2.75) is 24.4 Å². The van der Waals surface area contributed by atoms with Crippen molar-refractivity contribution in [3.8, 4) is 0 Å². The Morgan fingerprint density at radius 3 is 2.67 bits per heavy atom. The number of carbonyl (C=O) groups excluding carboxylic acids is 3. The fraction of sp³-hybridized carbons (Fsp3) is 0.318. The Hall–Kier alpha value is -2.77. The summed E-state index contributed by atoms with van der Waals surface area (Å²) in [6.45, 7) is 0.608. The van der Waals surface area contributed by atoms with Crippen LogP contribution in [0.2, 0.25) is 5.02 Å². The second-order valence-corrected chi connectivity index (χ2v) is 8.66. The highest BCUT2D eigenvalue weighted by molar-refractivity contribution is 6.35. The van der Waals surface area contributed by atoms with Crippen molar-refractivity contribution in [2.75, 3.05) is 16.8 Å². The van der Waals surface area contributed by atoms with E-state index >= 15 is 0 Å². The highest BCUT2D eigenvalue weighted by atomic mass is 35.5. The summed E-state index contributed by atoms with van der Waals surface area (Å²) >= 11 is 6.35. The third kappa shape index (κ3) is 1.90. The number of amides is 3. The maximum Gasteiger partial charge on any atom is 0.250 e. The van der Waals surface area contributed by atoms with Gasteiger partial charge in [0, 0.05) is 11.6 Å². The summed E-state index contributed by atoms with van der Waals surface area (Å²) in [6.07, 6.45) is 1.52. The largest absolute Gasteiger partial charge is 0.323 e. The number of imide groups is 1. The number of nitrogens with one attached hydrogen (secondary N) is 1. The summed E-state index contributed by atoms with van der Waals surface area (Å²) < 4.78 is 14.5. The number of fused-ring (bicyclic) bond motifs is 7. The van der Waals surface area contributed by atoms with Gasteiger partial charge in [0.05, 0.1) is 28.2 Å². The molecule has 0 unspecified atom stereocenters. The molecule has 152 valence electrons. The SMILES string of the molecule is O=C1[C@H]2[C@H]3CCCN3[C@@]3(C(=O)Nc4c(Cl)cccc43)[C@@H]2C(=O)N1c1ccccc1F. The summed E-state index contributed by atoms with van der Waals surface area (Å²) in [5.74, 6) is -3.58. The first-order chi connectivity index (χ1) is 14.5. The minimum Gasteiger partial charge on any atom is -0.323 e. The molecule has 3 fully saturated rings. The molecule has 30 heavy (non-hydrogen) atoms. The maximum absolute atomic E-state index is 14.5. The van der Waals surface area contributed by atoms with Crippen LogP contribution in [0.1, 0.15) is 18.4 Å². The number of hydrogen-bond acceptors (Lipinski definition) is 4. The standard InChI is InChI=1S/C22H17ClFN3O3/c23-12-6-3-5-11-18(12)25-21(30)22(11)17-16(15-9-4-10-26(15)22)19(28)27(20(17)29)14-8-2-1-7-13(14)24/h1-3,5-8,15-17H,4,9-10H2,(H,25,30)/t15-,16+,17+,22-/m1/s1. The maximum atomic E-state index is 14.5. The fourth-order valence-electron chi connectivity index (χ4n) is 6.06. The van der Waals surface area contributed by atoms with E-state index in [0.717, 1.165) is 11.3 Å². The summed E-state index contributed by atoms with van der Waals surface area (Å²) in [5, 5.41) is 3.24. The number of hydrogen-bond donors (Lipinski definition) is 1. The van der Waals surface area contributed by atoms with Crippen LogP contribution < -0.4 is 10.2 Å². The van der Waals surface area contributed by atoms with Gasteiger partial charge in [-0.2, -0.15) is 0 Å². The van der Waals surface area contributed by atoms with E-state index in [1.807, 2.05) is 4.90 Å². The second kappa shape index (κ2) is 5.89. The van der Waals surface area contributed by atoms with Crippen LogP contribution in [0.25, 0.3) is 0 Å². The van der Waals surface area contributed by atoms with E-state index in [4.69, 9.17) is 11.6 Å². The molecule has 8 heteroatoms. The van der Waals surface area contributed by atoms with Gasteiger partial charge < -0.3 is 5.32 Å². The average Bonchev–Trinajstić information content (AvgIpc) is 3.42. The zero-order valence-corrected chi connectivity index (χ0v) is 16.5. The van der Waals surface area contributed by atoms with Gasteiger partial charge in [0.1, 0.15) is 11.4 Å². The average molecular weight is 426 g/mol. The molecule has 0 radical (unpaired) electrons. The highest BCUT2D eigenvalue weighted by Crippen LogP contribution is 2.61. The van der Waals surface area contributed by atoms with Gasteiger partial charge in [-0.15, -0.1) is 0 Å². The van der Waals surface area contributed by atoms with Crippen molar-refractivity contribution in [1.82, 2.24) is 4.90 Å². The van der Waals surface area contributed by atoms with E-state index in [1.54, 1.807) is 24.3 Å². The van der Waals surface area contributed by atoms with Gasteiger partial charge in [-0.3, -0.25) is 19.3 Å². The van der Waals surface area contributed by atoms with Crippen LogP contribution in [0, 0.1) is 17.7 Å². The van der Waals surface area contributed by atoms with Crippen LogP contribution in [0.15, 0.2) is 42.5 Å². The molecule has 4 aliphatic rings. The number of benzene rings is 2. The Labute approximate surface area is 176 Å². The minimum absolute atomic E-state index is 0.0636. The Morgan fingerprint density at radius 1 is 1.07 bits per heavy atom. The lowest BCUT2D eigenvalue weighted by Gasteiger charge is -2.36. The van der Waals surface area contributed by atoms with Gasteiger partial charge in [-0.05, 0) is 37.6 Å². The van der Waals surface area contributed by atoms with Gasteiger partial charge in [0.15, 0.2) is 0 Å². The summed E-state index contributed by atoms with van der Waals surface area (Å²) in [5.41, 5.74) is -0.263. The predicted molar refractivity (Wildman–Crippen MR) is 107 cm³/mol. The Balaban J connectivity index is 1.59. The van der Waals surface area contributed by atoms with E-state index in [2.05, 4.69) is 5.32 Å². The number of carbonyl (C=O) groups is 3. The number of rotatable bonds is 1. The molecular weight excluding hydrogens is 409 g/mol. The van der Waals surface area contributed by atoms with Gasteiger partial charge in [0.2, 0.25) is 11.8 Å². The lowest BCUT2D eigenvalue weighted by Crippen LogP contribution is -2.54. The quantitative estimate of drug-likeness (QED) is 0.713. The fourth-order valence-corrected chi connectivity index (χ4v) is 6.29. The van der Waals surface area contributed by atoms with Crippen LogP contribution in [0.3, 0.4) is 0 Å². The molecule has 4 atom stereocenters. The Kier molecular flexibility index (Phi) is 3.54. The first-order valence-corrected chi connectivity index (χ1v) is 10.3. The molecule has 3 saturated heterocycles. The molecule has 3 amide bonds. The number of para-hydroxylation sites is 2. The first kappa shape index (κ1) is 18.0. The zero-order chi connectivity index (χ0) is 20.8. The lowest BCUT2D eigenvalue weighted by atomic mass is 9.75. The number of nitrogens with zero attached hydrogens (tertiary/aromatic N) is 2. The minimum atomic E-state index is -1.31. The number of halogens is 2. The van der Waals surface area contributed by atoms with Crippen LogP contribution in [-0.2, 0) is 19.9 Å². The van der Waals surface area contributed by atoms with Crippen LogP contribution >= 0.6 is 11.6 Å². The molecular formula is C22H17ClFN3O3. The van der Waals surface area contributed by atoms with Gasteiger partial charge in [-0.25, -0.2) is 9.29 Å². The van der Waals surface area contributed by atoms with E-state index < -0.39 is 35.0 Å². The topological polar surface area (TPSA) is 69.7 Å². The molecule has 2 aromatic carbocycles. The van der Waals surface area contributed by atoms with Crippen molar-refractivity contribution in [2.24, 2.45) is 11.8 Å². The Bertz CT molecular complexity index is 1150. The molecule has 0 aromatic heterocycles. The monoisotopic (exact) mass is 425 g/mol. The molecule has 6 nitrogen and oxygen atoms in total. The summed E-state index contributed by atoms with van der Waals surface area (Å²) in [7, 11) is 0. The van der Waals surface area contributed by atoms with Gasteiger partial charge in [-0.1, -0.05) is 35.9 Å². The zero-order valence-electron chi connectivity index (χ0n) is 15.8. The molecule has 0 saturated carbocycles. The third-order valence-electron chi connectivity index (χ3n) is 7.07. The van der Waals surface area contributed by atoms with Crippen LogP contribution in [0.5, 0.6) is 0 Å². The first-order valence-electron chi connectivity index (χ1n) is 9.97. The van der Waals surface area contributed by atoms with E-state index in [0.29, 0.717) is 29.2 Å². The Morgan fingerprint density at radius 2 is 1.87 bits per heavy atom. The normalized spacial score (nSPS) is 32.0. The molecule has 1 N–H and O–H groups in total. The summed E-state index contributed by atoms with van der Waals surface area (Å²) in [6, 6.07) is 10.7. The molecule has 2 aromatic rings. The van der Waals surface area contributed by atoms with E-state index in [-0.39, 0.29) is 17.6 Å². The molecule has 6 rings (SSSR count). The van der Waals surface area contributed by atoms with E-state index in [9.17, 15) is 18.8 Å². The van der Waals surface area contributed by atoms with Crippen molar-refractivity contribution in [3.05, 3.63) is 58.9 Å². The predicted octanol–water partition coefficient (Wildman–Crippen LogP) is 2.91. The van der Waals surface area contributed by atoms with Crippen molar-refractivity contribution >= 4 is 40.7 Å². The van der Waals surface area contributed by atoms with Crippen molar-refractivity contribution in [1.29, 1.82) is 0 Å². The molecule has 1 spiro atoms.